The van der Waals surface area contributed by atoms with Gasteiger partial charge < -0.3 is 5.32 Å². The lowest BCUT2D eigenvalue weighted by Crippen LogP contribution is -2.39. The number of fused-ring (bicyclic) bond motifs is 1. The van der Waals surface area contributed by atoms with Gasteiger partial charge in [0, 0.05) is 22.4 Å². The fraction of sp³-hybridized carbons (Fsp3) is 0.353. The number of nitrogens with zero attached hydrogens (tertiary/aromatic N) is 1. The van der Waals surface area contributed by atoms with Crippen molar-refractivity contribution in [3.8, 4) is 0 Å². The van der Waals surface area contributed by atoms with Gasteiger partial charge in [-0.1, -0.05) is 12.1 Å². The maximum Gasteiger partial charge on any atom is 0.238 e. The molecule has 3 nitrogen and oxygen atoms in total. The molecule has 1 atom stereocenters. The van der Waals surface area contributed by atoms with Gasteiger partial charge in [0.15, 0.2) is 0 Å². The summed E-state index contributed by atoms with van der Waals surface area (Å²) in [5.41, 5.74) is 2.29. The molecular weight excluding hydrogens is 312 g/mol. The Bertz CT molecular complexity index is 668. The average molecular weight is 332 g/mol. The number of thiophene rings is 1. The van der Waals surface area contributed by atoms with Gasteiger partial charge in [-0.25, -0.2) is 0 Å². The van der Waals surface area contributed by atoms with Crippen LogP contribution in [0.1, 0.15) is 23.4 Å². The molecule has 2 heterocycles. The number of rotatable bonds is 4. The molecule has 0 saturated carbocycles. The fourth-order valence-corrected chi connectivity index (χ4v) is 4.42. The number of hydrogen-bond donors (Lipinski definition) is 1. The van der Waals surface area contributed by atoms with Crippen LogP contribution in [0, 0.1) is 0 Å². The van der Waals surface area contributed by atoms with Crippen LogP contribution in [0.15, 0.2) is 40.6 Å². The number of nitrogens with one attached hydrogen (secondary N) is 1. The van der Waals surface area contributed by atoms with E-state index in [-0.39, 0.29) is 5.91 Å². The molecular formula is C17H20N2OS2. The van der Waals surface area contributed by atoms with E-state index in [1.165, 1.54) is 10.4 Å². The van der Waals surface area contributed by atoms with E-state index < -0.39 is 0 Å². The second-order valence-electron chi connectivity index (χ2n) is 5.44. The molecule has 2 aromatic rings. The minimum absolute atomic E-state index is 0.0621. The van der Waals surface area contributed by atoms with Crippen molar-refractivity contribution in [3.63, 3.8) is 0 Å². The lowest BCUT2D eigenvalue weighted by atomic mass is 10.0. The fourth-order valence-electron chi connectivity index (χ4n) is 2.90. The molecule has 0 fully saturated rings. The normalized spacial score (nSPS) is 18.0. The van der Waals surface area contributed by atoms with Crippen LogP contribution in [0.3, 0.4) is 0 Å². The van der Waals surface area contributed by atoms with Gasteiger partial charge in [-0.05, 0) is 48.7 Å². The highest BCUT2D eigenvalue weighted by atomic mass is 32.2. The number of thioether (sulfide) groups is 1. The SMILES string of the molecule is CSc1ccccc1NC(=O)CN1CCc2sccc2C1C. The summed E-state index contributed by atoms with van der Waals surface area (Å²) in [7, 11) is 0. The first-order valence-corrected chi connectivity index (χ1v) is 9.52. The molecule has 0 radical (unpaired) electrons. The molecule has 1 aromatic heterocycles. The summed E-state index contributed by atoms with van der Waals surface area (Å²) < 4.78 is 0. The Morgan fingerprint density at radius 1 is 1.41 bits per heavy atom. The van der Waals surface area contributed by atoms with E-state index in [1.807, 2.05) is 41.9 Å². The maximum atomic E-state index is 12.4. The smallest absolute Gasteiger partial charge is 0.238 e. The van der Waals surface area contributed by atoms with Crippen molar-refractivity contribution in [1.82, 2.24) is 4.90 Å². The van der Waals surface area contributed by atoms with Gasteiger partial charge >= 0.3 is 0 Å². The highest BCUT2D eigenvalue weighted by molar-refractivity contribution is 7.98. The molecule has 1 aliphatic heterocycles. The summed E-state index contributed by atoms with van der Waals surface area (Å²) in [5.74, 6) is 0.0621. The number of hydrogen-bond acceptors (Lipinski definition) is 4. The second-order valence-corrected chi connectivity index (χ2v) is 7.29. The van der Waals surface area contributed by atoms with E-state index in [0.29, 0.717) is 12.6 Å². The first-order chi connectivity index (χ1) is 10.7. The van der Waals surface area contributed by atoms with Crippen molar-refractivity contribution in [2.75, 3.05) is 24.7 Å². The van der Waals surface area contributed by atoms with Crippen LogP contribution in [-0.2, 0) is 11.2 Å². The summed E-state index contributed by atoms with van der Waals surface area (Å²) in [6, 6.07) is 10.4. The zero-order chi connectivity index (χ0) is 15.5. The van der Waals surface area contributed by atoms with Crippen molar-refractivity contribution in [1.29, 1.82) is 0 Å². The predicted molar refractivity (Wildman–Crippen MR) is 94.9 cm³/mol. The largest absolute Gasteiger partial charge is 0.324 e. The summed E-state index contributed by atoms with van der Waals surface area (Å²) in [5, 5.41) is 5.20. The van der Waals surface area contributed by atoms with Crippen LogP contribution in [0.5, 0.6) is 0 Å². The van der Waals surface area contributed by atoms with E-state index in [1.54, 1.807) is 11.8 Å². The van der Waals surface area contributed by atoms with E-state index in [9.17, 15) is 4.79 Å². The Balaban J connectivity index is 1.65. The molecule has 22 heavy (non-hydrogen) atoms. The number of benzene rings is 1. The molecule has 0 spiro atoms. The Labute approximate surface area is 139 Å². The zero-order valence-electron chi connectivity index (χ0n) is 12.8. The summed E-state index contributed by atoms with van der Waals surface area (Å²) >= 11 is 3.48. The molecule has 0 aliphatic carbocycles. The molecule has 1 aromatic carbocycles. The number of carbonyl (C=O) groups is 1. The summed E-state index contributed by atoms with van der Waals surface area (Å²) in [6.07, 6.45) is 3.07. The average Bonchev–Trinajstić information content (AvgIpc) is 3.00. The van der Waals surface area contributed by atoms with E-state index in [0.717, 1.165) is 23.5 Å². The Morgan fingerprint density at radius 2 is 2.23 bits per heavy atom. The van der Waals surface area contributed by atoms with Gasteiger partial charge in [0.1, 0.15) is 0 Å². The van der Waals surface area contributed by atoms with Gasteiger partial charge in [0.2, 0.25) is 5.91 Å². The third-order valence-electron chi connectivity index (χ3n) is 4.13. The van der Waals surface area contributed by atoms with E-state index in [2.05, 4.69) is 28.6 Å². The molecule has 1 unspecified atom stereocenters. The standard InChI is InChI=1S/C17H20N2OS2/c1-12-13-8-10-22-15(13)7-9-19(12)11-17(20)18-14-5-3-4-6-16(14)21-2/h3-6,8,10,12H,7,9,11H2,1-2H3,(H,18,20). The number of carbonyl (C=O) groups excluding carboxylic acids is 1. The number of para-hydroxylation sites is 1. The topological polar surface area (TPSA) is 32.3 Å². The maximum absolute atomic E-state index is 12.4. The molecule has 1 N–H and O–H groups in total. The third kappa shape index (κ3) is 3.21. The van der Waals surface area contributed by atoms with Crippen molar-refractivity contribution >= 4 is 34.7 Å². The molecule has 5 heteroatoms. The van der Waals surface area contributed by atoms with Crippen LogP contribution in [0.25, 0.3) is 0 Å². The number of anilines is 1. The third-order valence-corrected chi connectivity index (χ3v) is 5.92. The van der Waals surface area contributed by atoms with Crippen molar-refractivity contribution < 1.29 is 4.79 Å². The van der Waals surface area contributed by atoms with E-state index in [4.69, 9.17) is 0 Å². The van der Waals surface area contributed by atoms with Crippen LogP contribution < -0.4 is 5.32 Å². The lowest BCUT2D eigenvalue weighted by molar-refractivity contribution is -0.117. The van der Waals surface area contributed by atoms with Gasteiger partial charge in [0.05, 0.1) is 12.2 Å². The van der Waals surface area contributed by atoms with E-state index >= 15 is 0 Å². The quantitative estimate of drug-likeness (QED) is 0.858. The van der Waals surface area contributed by atoms with Gasteiger partial charge in [-0.15, -0.1) is 23.1 Å². The van der Waals surface area contributed by atoms with Crippen molar-refractivity contribution in [3.05, 3.63) is 46.2 Å². The molecule has 116 valence electrons. The zero-order valence-corrected chi connectivity index (χ0v) is 14.5. The van der Waals surface area contributed by atoms with Crippen molar-refractivity contribution in [2.24, 2.45) is 0 Å². The Kier molecular flexibility index (Phi) is 4.86. The summed E-state index contributed by atoms with van der Waals surface area (Å²) in [4.78, 5) is 17.2. The van der Waals surface area contributed by atoms with Crippen LogP contribution >= 0.6 is 23.1 Å². The van der Waals surface area contributed by atoms with Gasteiger partial charge in [-0.3, -0.25) is 9.69 Å². The summed E-state index contributed by atoms with van der Waals surface area (Å²) in [6.45, 7) is 3.58. The predicted octanol–water partition coefficient (Wildman–Crippen LogP) is 4.03. The Morgan fingerprint density at radius 3 is 3.05 bits per heavy atom. The second kappa shape index (κ2) is 6.86. The Hall–Kier alpha value is -1.30. The number of amides is 1. The highest BCUT2D eigenvalue weighted by Gasteiger charge is 2.26. The van der Waals surface area contributed by atoms with Crippen LogP contribution in [0.4, 0.5) is 5.69 Å². The lowest BCUT2D eigenvalue weighted by Gasteiger charge is -2.32. The molecule has 0 bridgehead atoms. The molecule has 1 amide bonds. The minimum atomic E-state index is 0.0621. The molecule has 3 rings (SSSR count). The molecule has 1 aliphatic rings. The van der Waals surface area contributed by atoms with Crippen molar-refractivity contribution in [2.45, 2.75) is 24.3 Å². The first-order valence-electron chi connectivity index (χ1n) is 7.42. The van der Waals surface area contributed by atoms with Crippen LogP contribution in [-0.4, -0.2) is 30.2 Å². The van der Waals surface area contributed by atoms with Crippen LogP contribution in [0.2, 0.25) is 0 Å². The van der Waals surface area contributed by atoms with Gasteiger partial charge in [-0.2, -0.15) is 0 Å². The highest BCUT2D eigenvalue weighted by Crippen LogP contribution is 2.32. The monoisotopic (exact) mass is 332 g/mol. The minimum Gasteiger partial charge on any atom is -0.324 e. The van der Waals surface area contributed by atoms with Gasteiger partial charge in [0.25, 0.3) is 0 Å². The molecule has 0 saturated heterocycles. The first kappa shape index (κ1) is 15.6.